The molecule has 0 aromatic carbocycles. The minimum Gasteiger partial charge on any atom is -0.465 e. The molecule has 1 atom stereocenters. The molecule has 21 heavy (non-hydrogen) atoms. The third-order valence-electron chi connectivity index (χ3n) is 3.98. The molecule has 1 aromatic heterocycles. The lowest BCUT2D eigenvalue weighted by Crippen LogP contribution is -2.46. The van der Waals surface area contributed by atoms with Crippen molar-refractivity contribution >= 4 is 9.84 Å². The molecule has 1 saturated heterocycles. The Morgan fingerprint density at radius 1 is 1.48 bits per heavy atom. The molecule has 1 N–H and O–H groups in total. The van der Waals surface area contributed by atoms with Gasteiger partial charge in [0, 0.05) is 24.7 Å². The molecule has 1 aromatic rings. The minimum atomic E-state index is -2.86. The van der Waals surface area contributed by atoms with Crippen molar-refractivity contribution in [2.45, 2.75) is 46.3 Å². The highest BCUT2D eigenvalue weighted by Gasteiger charge is 2.28. The zero-order chi connectivity index (χ0) is 15.5. The number of rotatable bonds is 6. The molecule has 0 amide bonds. The van der Waals surface area contributed by atoms with Gasteiger partial charge in [0.05, 0.1) is 18.1 Å². The van der Waals surface area contributed by atoms with Crippen LogP contribution in [0.4, 0.5) is 0 Å². The average Bonchev–Trinajstić information content (AvgIpc) is 2.73. The van der Waals surface area contributed by atoms with Crippen molar-refractivity contribution in [3.63, 3.8) is 0 Å². The molecular formula is C15H26N2O3S. The lowest BCUT2D eigenvalue weighted by atomic mass is 10.2. The summed E-state index contributed by atoms with van der Waals surface area (Å²) in [5, 5.41) is 3.38. The van der Waals surface area contributed by atoms with Gasteiger partial charge in [-0.05, 0) is 32.9 Å². The molecule has 1 fully saturated rings. The summed E-state index contributed by atoms with van der Waals surface area (Å²) in [7, 11) is -2.86. The maximum absolute atomic E-state index is 11.6. The molecule has 0 saturated carbocycles. The van der Waals surface area contributed by atoms with Crippen LogP contribution in [0, 0.1) is 6.92 Å². The first kappa shape index (κ1) is 16.5. The second-order valence-electron chi connectivity index (χ2n) is 5.90. The van der Waals surface area contributed by atoms with Crippen molar-refractivity contribution in [2.24, 2.45) is 0 Å². The van der Waals surface area contributed by atoms with Crippen molar-refractivity contribution < 1.29 is 12.8 Å². The first-order valence-electron chi connectivity index (χ1n) is 7.64. The Bertz CT molecular complexity index is 565. The monoisotopic (exact) mass is 314 g/mol. The van der Waals surface area contributed by atoms with Gasteiger partial charge >= 0.3 is 0 Å². The summed E-state index contributed by atoms with van der Waals surface area (Å²) in [5.41, 5.74) is 1.19. The Morgan fingerprint density at radius 3 is 2.90 bits per heavy atom. The molecule has 6 heteroatoms. The fraction of sp³-hybridized carbons (Fsp3) is 0.733. The number of nitrogens with zero attached hydrogens (tertiary/aromatic N) is 1. The van der Waals surface area contributed by atoms with Crippen LogP contribution in [-0.4, -0.2) is 44.0 Å². The van der Waals surface area contributed by atoms with Gasteiger partial charge in [-0.15, -0.1) is 0 Å². The third kappa shape index (κ3) is 4.56. The van der Waals surface area contributed by atoms with Crippen LogP contribution in [0.25, 0.3) is 0 Å². The Hall–Kier alpha value is -0.850. The Morgan fingerprint density at radius 2 is 2.24 bits per heavy atom. The molecule has 120 valence electrons. The lowest BCUT2D eigenvalue weighted by Gasteiger charge is -2.32. The van der Waals surface area contributed by atoms with Crippen LogP contribution >= 0.6 is 0 Å². The smallest absolute Gasteiger partial charge is 0.153 e. The quantitative estimate of drug-likeness (QED) is 0.810. The second-order valence-corrected chi connectivity index (χ2v) is 8.13. The van der Waals surface area contributed by atoms with E-state index in [1.54, 1.807) is 0 Å². The Kier molecular flexibility index (Phi) is 5.46. The summed E-state index contributed by atoms with van der Waals surface area (Å²) in [4.78, 5) is 2.18. The Labute approximate surface area is 127 Å². The lowest BCUT2D eigenvalue weighted by molar-refractivity contribution is 0.200. The maximum Gasteiger partial charge on any atom is 0.153 e. The molecule has 1 unspecified atom stereocenters. The topological polar surface area (TPSA) is 62.6 Å². The van der Waals surface area contributed by atoms with Crippen molar-refractivity contribution in [1.29, 1.82) is 0 Å². The summed E-state index contributed by atoms with van der Waals surface area (Å²) < 4.78 is 29.0. The molecule has 1 aliphatic heterocycles. The fourth-order valence-electron chi connectivity index (χ4n) is 2.71. The van der Waals surface area contributed by atoms with Crippen molar-refractivity contribution in [1.82, 2.24) is 10.2 Å². The highest BCUT2D eigenvalue weighted by molar-refractivity contribution is 7.91. The van der Waals surface area contributed by atoms with Gasteiger partial charge in [-0.1, -0.05) is 6.92 Å². The van der Waals surface area contributed by atoms with Gasteiger partial charge in [-0.3, -0.25) is 4.90 Å². The summed E-state index contributed by atoms with van der Waals surface area (Å²) in [6.45, 7) is 9.20. The summed E-state index contributed by atoms with van der Waals surface area (Å²) in [5.74, 6) is 2.37. The largest absolute Gasteiger partial charge is 0.465 e. The third-order valence-corrected chi connectivity index (χ3v) is 5.78. The van der Waals surface area contributed by atoms with Crippen molar-refractivity contribution in [2.75, 3.05) is 24.6 Å². The first-order valence-corrected chi connectivity index (χ1v) is 9.47. The zero-order valence-corrected chi connectivity index (χ0v) is 14.0. The van der Waals surface area contributed by atoms with E-state index in [9.17, 15) is 8.42 Å². The SMILES string of the molecule is CCCNCc1cc(CN2CCS(=O)(=O)CC2C)oc1C. The zero-order valence-electron chi connectivity index (χ0n) is 13.2. The maximum atomic E-state index is 11.6. The van der Waals surface area contributed by atoms with E-state index in [1.807, 2.05) is 13.8 Å². The van der Waals surface area contributed by atoms with Crippen LogP contribution in [0.5, 0.6) is 0 Å². The number of furan rings is 1. The highest BCUT2D eigenvalue weighted by Crippen LogP contribution is 2.19. The van der Waals surface area contributed by atoms with E-state index in [1.165, 1.54) is 5.56 Å². The van der Waals surface area contributed by atoms with Gasteiger partial charge < -0.3 is 9.73 Å². The highest BCUT2D eigenvalue weighted by atomic mass is 32.2. The second kappa shape index (κ2) is 6.94. The van der Waals surface area contributed by atoms with Crippen LogP contribution in [0.15, 0.2) is 10.5 Å². The first-order chi connectivity index (χ1) is 9.91. The van der Waals surface area contributed by atoms with Gasteiger partial charge in [-0.2, -0.15) is 0 Å². The number of hydrogen-bond acceptors (Lipinski definition) is 5. The summed E-state index contributed by atoms with van der Waals surface area (Å²) in [6.07, 6.45) is 1.11. The number of aryl methyl sites for hydroxylation is 1. The molecule has 0 radical (unpaired) electrons. The van der Waals surface area contributed by atoms with Gasteiger partial charge in [-0.25, -0.2) is 8.42 Å². The van der Waals surface area contributed by atoms with Crippen molar-refractivity contribution in [3.8, 4) is 0 Å². The summed E-state index contributed by atoms with van der Waals surface area (Å²) >= 11 is 0. The van der Waals surface area contributed by atoms with E-state index in [4.69, 9.17) is 4.42 Å². The van der Waals surface area contributed by atoms with Gasteiger partial charge in [0.15, 0.2) is 9.84 Å². The van der Waals surface area contributed by atoms with E-state index >= 15 is 0 Å². The number of nitrogens with one attached hydrogen (secondary N) is 1. The van der Waals surface area contributed by atoms with E-state index in [0.717, 1.165) is 31.0 Å². The normalized spacial score (nSPS) is 22.5. The number of hydrogen-bond donors (Lipinski definition) is 1. The molecular weight excluding hydrogens is 288 g/mol. The minimum absolute atomic E-state index is 0.0517. The molecule has 2 heterocycles. The van der Waals surface area contributed by atoms with Gasteiger partial charge in [0.2, 0.25) is 0 Å². The molecule has 2 rings (SSSR count). The molecule has 1 aliphatic rings. The molecule has 5 nitrogen and oxygen atoms in total. The van der Waals surface area contributed by atoms with E-state index in [0.29, 0.717) is 13.1 Å². The fourth-order valence-corrected chi connectivity index (χ4v) is 4.33. The molecule has 0 spiro atoms. The van der Waals surface area contributed by atoms with E-state index in [2.05, 4.69) is 23.2 Å². The average molecular weight is 314 g/mol. The van der Waals surface area contributed by atoms with Crippen LogP contribution in [0.1, 0.15) is 37.4 Å². The standard InChI is InChI=1S/C15H26N2O3S/c1-4-5-16-9-14-8-15(20-13(14)3)10-17-6-7-21(18,19)11-12(17)2/h8,12,16H,4-7,9-11H2,1-3H3. The van der Waals surface area contributed by atoms with Crippen molar-refractivity contribution in [3.05, 3.63) is 23.2 Å². The summed E-state index contributed by atoms with van der Waals surface area (Å²) in [6, 6.07) is 2.14. The molecule has 0 bridgehead atoms. The predicted molar refractivity (Wildman–Crippen MR) is 84.0 cm³/mol. The van der Waals surface area contributed by atoms with Crippen LogP contribution in [0.3, 0.4) is 0 Å². The van der Waals surface area contributed by atoms with Crippen LogP contribution < -0.4 is 5.32 Å². The molecule has 0 aliphatic carbocycles. The van der Waals surface area contributed by atoms with Gasteiger partial charge in [0.1, 0.15) is 11.5 Å². The van der Waals surface area contributed by atoms with Gasteiger partial charge in [0.25, 0.3) is 0 Å². The Balaban J connectivity index is 1.95. The van der Waals surface area contributed by atoms with Crippen LogP contribution in [-0.2, 0) is 22.9 Å². The van der Waals surface area contributed by atoms with E-state index in [-0.39, 0.29) is 17.5 Å². The van der Waals surface area contributed by atoms with Crippen LogP contribution in [0.2, 0.25) is 0 Å². The van der Waals surface area contributed by atoms with E-state index < -0.39 is 9.84 Å². The predicted octanol–water partition coefficient (Wildman–Crippen LogP) is 1.71. The number of sulfone groups is 1.